The summed E-state index contributed by atoms with van der Waals surface area (Å²) < 4.78 is 0. The Morgan fingerprint density at radius 2 is 1.62 bits per heavy atom. The molecule has 0 atom stereocenters. The maximum atomic E-state index is 9.00. The van der Waals surface area contributed by atoms with Gasteiger partial charge in [-0.25, -0.2) is 0 Å². The Bertz CT molecular complexity index is 61.5. The summed E-state index contributed by atoms with van der Waals surface area (Å²) in [7, 11) is 0. The molecule has 42 valence electrons. The Balaban J connectivity index is -0.0000000183. The predicted octanol–water partition coefficient (Wildman–Crippen LogP) is -3.72. The van der Waals surface area contributed by atoms with Crippen LogP contribution in [0.4, 0.5) is 0 Å². The van der Waals surface area contributed by atoms with Crippen LogP contribution in [0.25, 0.3) is 0 Å². The third kappa shape index (κ3) is 214. The van der Waals surface area contributed by atoms with Crippen LogP contribution in [-0.4, -0.2) is 28.1 Å². The van der Waals surface area contributed by atoms with Crippen molar-refractivity contribution in [1.29, 1.82) is 5.26 Å². The number of hydrogen-bond donors (Lipinski definition) is 1. The van der Waals surface area contributed by atoms with E-state index in [-0.39, 0.29) is 68.5 Å². The molecule has 0 aliphatic heterocycles. The molecule has 0 spiro atoms. The van der Waals surface area contributed by atoms with Crippen molar-refractivity contribution in [2.24, 2.45) is 0 Å². The second-order valence-electron chi connectivity index (χ2n) is 0.519. The molecule has 0 aliphatic rings. The second-order valence-corrected chi connectivity index (χ2v) is 0.519. The SMILES string of the molecule is CC(=O)O.[C-]#N.[K+].[SeH2]. The van der Waals surface area contributed by atoms with Crippen molar-refractivity contribution in [2.75, 3.05) is 0 Å². The summed E-state index contributed by atoms with van der Waals surface area (Å²) >= 11 is 0. The molecule has 1 N–H and O–H groups in total. The first-order valence-corrected chi connectivity index (χ1v) is 1.15. The molecule has 0 saturated carbocycles. The Labute approximate surface area is 101 Å². The molecule has 3 nitrogen and oxygen atoms in total. The van der Waals surface area contributed by atoms with Gasteiger partial charge in [-0.3, -0.25) is 4.79 Å². The molecule has 0 unspecified atom stereocenters. The average molecular weight is 206 g/mol. The van der Waals surface area contributed by atoms with Crippen molar-refractivity contribution < 1.29 is 61.3 Å². The number of carboxylic acids is 1. The monoisotopic (exact) mass is 207 g/mol. The van der Waals surface area contributed by atoms with Crippen LogP contribution in [0, 0.1) is 11.8 Å². The minimum atomic E-state index is -0.833. The second kappa shape index (κ2) is 24.3. The zero-order valence-electron chi connectivity index (χ0n) is 4.80. The van der Waals surface area contributed by atoms with Gasteiger partial charge in [0.2, 0.25) is 0 Å². The van der Waals surface area contributed by atoms with E-state index < -0.39 is 5.97 Å². The van der Waals surface area contributed by atoms with E-state index >= 15 is 0 Å². The summed E-state index contributed by atoms with van der Waals surface area (Å²) in [6.07, 6.45) is 0. The fourth-order valence-corrected chi connectivity index (χ4v) is 0. The van der Waals surface area contributed by atoms with Crippen LogP contribution in [0.1, 0.15) is 6.92 Å². The van der Waals surface area contributed by atoms with Crippen molar-refractivity contribution in [1.82, 2.24) is 0 Å². The summed E-state index contributed by atoms with van der Waals surface area (Å²) in [5.41, 5.74) is 0. The Morgan fingerprint density at radius 1 is 1.62 bits per heavy atom. The van der Waals surface area contributed by atoms with Gasteiger partial charge in [-0.05, 0) is 0 Å². The first-order valence-electron chi connectivity index (χ1n) is 1.15. The summed E-state index contributed by atoms with van der Waals surface area (Å²) in [6.45, 7) is 5.83. The predicted molar refractivity (Wildman–Crippen MR) is 26.8 cm³/mol. The van der Waals surface area contributed by atoms with Gasteiger partial charge in [0, 0.05) is 6.92 Å². The van der Waals surface area contributed by atoms with Gasteiger partial charge in [0.05, 0.1) is 0 Å². The number of hydrogen-bond acceptors (Lipinski definition) is 2. The molecule has 0 amide bonds. The van der Waals surface area contributed by atoms with E-state index in [4.69, 9.17) is 21.7 Å². The van der Waals surface area contributed by atoms with Crippen molar-refractivity contribution in [3.63, 3.8) is 0 Å². The van der Waals surface area contributed by atoms with Gasteiger partial charge in [-0.1, -0.05) is 0 Å². The Morgan fingerprint density at radius 3 is 1.62 bits per heavy atom. The fraction of sp³-hybridized carbons (Fsp3) is 0.333. The summed E-state index contributed by atoms with van der Waals surface area (Å²) in [4.78, 5) is 9.00. The van der Waals surface area contributed by atoms with Crippen LogP contribution in [0.2, 0.25) is 0 Å². The molecular formula is C3H6KNO2Se. The first kappa shape index (κ1) is 22.9. The summed E-state index contributed by atoms with van der Waals surface area (Å²) in [5.74, 6) is -0.833. The quantitative estimate of drug-likeness (QED) is 0.327. The van der Waals surface area contributed by atoms with Gasteiger partial charge in [-0.15, -0.1) is 0 Å². The van der Waals surface area contributed by atoms with Crippen molar-refractivity contribution in [3.05, 3.63) is 6.57 Å². The van der Waals surface area contributed by atoms with Crippen LogP contribution in [0.3, 0.4) is 0 Å². The Kier molecular flexibility index (Phi) is 69.6. The number of carboxylic acid groups (broad SMARTS) is 1. The van der Waals surface area contributed by atoms with Crippen LogP contribution in [0.5, 0.6) is 0 Å². The molecule has 0 heterocycles. The molecule has 0 bridgehead atoms. The van der Waals surface area contributed by atoms with Crippen molar-refractivity contribution in [2.45, 2.75) is 6.92 Å². The number of rotatable bonds is 0. The molecule has 8 heavy (non-hydrogen) atoms. The standard InChI is InChI=1S/C2H4O2.CN.K.H2Se/c1-2(3)4;1-2;;/h1H3,(H,3,4);;;1H2/q;-1;+1;. The number of aliphatic carboxylic acids is 1. The summed E-state index contributed by atoms with van der Waals surface area (Å²) in [5, 5.41) is 13.7. The molecule has 0 aromatic carbocycles. The maximum absolute atomic E-state index is 9.00. The molecule has 0 aromatic heterocycles. The van der Waals surface area contributed by atoms with E-state index in [0.717, 1.165) is 6.92 Å². The number of carbonyl (C=O) groups is 1. The van der Waals surface area contributed by atoms with Crippen LogP contribution in [-0.2, 0) is 4.79 Å². The number of nitrogens with zero attached hydrogens (tertiary/aromatic N) is 1. The Hall–Kier alpha value is 1.12. The zero-order valence-corrected chi connectivity index (χ0v) is 10.0. The molecule has 0 aliphatic carbocycles. The molecule has 5 heteroatoms. The van der Waals surface area contributed by atoms with E-state index in [2.05, 4.69) is 0 Å². The third-order valence-corrected chi connectivity index (χ3v) is 0. The normalized spacial score (nSPS) is 3.38. The van der Waals surface area contributed by atoms with Gasteiger partial charge < -0.3 is 16.9 Å². The van der Waals surface area contributed by atoms with E-state index in [1.165, 1.54) is 0 Å². The van der Waals surface area contributed by atoms with Crippen molar-refractivity contribution in [3.8, 4) is 0 Å². The molecule has 0 fully saturated rings. The van der Waals surface area contributed by atoms with Gasteiger partial charge in [0.1, 0.15) is 0 Å². The minimum absolute atomic E-state index is 0. The van der Waals surface area contributed by atoms with E-state index in [0.29, 0.717) is 0 Å². The van der Waals surface area contributed by atoms with Crippen LogP contribution >= 0.6 is 0 Å². The van der Waals surface area contributed by atoms with Crippen molar-refractivity contribution >= 4 is 23.0 Å². The molecular weight excluding hydrogens is 200 g/mol. The van der Waals surface area contributed by atoms with Gasteiger partial charge >= 0.3 is 68.5 Å². The van der Waals surface area contributed by atoms with E-state index in [9.17, 15) is 0 Å². The zero-order chi connectivity index (χ0) is 5.58. The van der Waals surface area contributed by atoms with Crippen LogP contribution < -0.4 is 51.4 Å². The third-order valence-electron chi connectivity index (χ3n) is 0. The van der Waals surface area contributed by atoms with Gasteiger partial charge in [0.25, 0.3) is 5.97 Å². The molecule has 0 saturated heterocycles. The average Bonchev–Trinajstić information content (AvgIpc) is 1.41. The van der Waals surface area contributed by atoms with Gasteiger partial charge in [-0.2, -0.15) is 0 Å². The van der Waals surface area contributed by atoms with Gasteiger partial charge in [0.15, 0.2) is 0 Å². The van der Waals surface area contributed by atoms with E-state index in [1.807, 2.05) is 0 Å². The molecule has 0 radical (unpaired) electrons. The van der Waals surface area contributed by atoms with Crippen LogP contribution in [0.15, 0.2) is 0 Å². The summed E-state index contributed by atoms with van der Waals surface area (Å²) in [6, 6.07) is 0. The fourth-order valence-electron chi connectivity index (χ4n) is 0. The molecule has 0 aromatic rings. The van der Waals surface area contributed by atoms with E-state index in [1.54, 1.807) is 0 Å². The topological polar surface area (TPSA) is 61.1 Å². The molecule has 0 rings (SSSR count). The first-order chi connectivity index (χ1) is 2.73.